The number of aryl methyl sites for hydroxylation is 1. The number of para-hydroxylation sites is 1. The van der Waals surface area contributed by atoms with Gasteiger partial charge in [0, 0.05) is 24.0 Å². The van der Waals surface area contributed by atoms with E-state index in [2.05, 4.69) is 33.2 Å². The topological polar surface area (TPSA) is 74.8 Å². The van der Waals surface area contributed by atoms with Gasteiger partial charge in [-0.15, -0.1) is 16.4 Å². The third-order valence-corrected chi connectivity index (χ3v) is 6.21. The highest BCUT2D eigenvalue weighted by Gasteiger charge is 2.27. The standard InChI is InChI=1S/C19H21N5OS2/c1-3-13-6-4-5-7-16(13)24(12(2)25)19-20-15(11-27-19)10-26-18-21-17(22-23-18)14-8-9-14/h4-7,11,14H,3,8-10H2,1-2H3,(H,21,22,23). The number of thiazole rings is 1. The number of thioether (sulfide) groups is 1. The van der Waals surface area contributed by atoms with Crippen molar-refractivity contribution in [1.82, 2.24) is 20.2 Å². The number of nitrogens with zero attached hydrogens (tertiary/aromatic N) is 4. The van der Waals surface area contributed by atoms with Crippen LogP contribution in [0.15, 0.2) is 34.8 Å². The van der Waals surface area contributed by atoms with Crippen LogP contribution in [0.2, 0.25) is 0 Å². The van der Waals surface area contributed by atoms with Crippen molar-refractivity contribution >= 4 is 39.8 Å². The van der Waals surface area contributed by atoms with E-state index >= 15 is 0 Å². The molecule has 4 rings (SSSR count). The SMILES string of the molecule is CCc1ccccc1N(C(C)=O)c1nc(CSc2n[nH]c(C3CC3)n2)cs1. The summed E-state index contributed by atoms with van der Waals surface area (Å²) in [6, 6.07) is 7.98. The van der Waals surface area contributed by atoms with Gasteiger partial charge in [-0.2, -0.15) is 0 Å². The first kappa shape index (κ1) is 18.2. The van der Waals surface area contributed by atoms with Crippen molar-refractivity contribution < 1.29 is 4.79 Å². The van der Waals surface area contributed by atoms with Crippen LogP contribution in [0.25, 0.3) is 0 Å². The second-order valence-electron chi connectivity index (χ2n) is 6.52. The summed E-state index contributed by atoms with van der Waals surface area (Å²) in [6.07, 6.45) is 3.27. The predicted molar refractivity (Wildman–Crippen MR) is 109 cm³/mol. The van der Waals surface area contributed by atoms with Gasteiger partial charge >= 0.3 is 0 Å². The van der Waals surface area contributed by atoms with Crippen LogP contribution in [0.4, 0.5) is 10.8 Å². The lowest BCUT2D eigenvalue weighted by Crippen LogP contribution is -2.23. The minimum atomic E-state index is -0.0347. The number of H-pyrrole nitrogens is 1. The molecule has 6 nitrogen and oxygen atoms in total. The molecule has 1 aliphatic carbocycles. The lowest BCUT2D eigenvalue weighted by atomic mass is 10.1. The number of nitrogens with one attached hydrogen (secondary N) is 1. The number of hydrogen-bond acceptors (Lipinski definition) is 6. The van der Waals surface area contributed by atoms with E-state index in [1.165, 1.54) is 24.2 Å². The Morgan fingerprint density at radius 2 is 2.15 bits per heavy atom. The highest BCUT2D eigenvalue weighted by atomic mass is 32.2. The number of benzene rings is 1. The van der Waals surface area contributed by atoms with Gasteiger partial charge in [-0.05, 0) is 30.9 Å². The van der Waals surface area contributed by atoms with Gasteiger partial charge in [0.1, 0.15) is 5.82 Å². The highest BCUT2D eigenvalue weighted by molar-refractivity contribution is 7.98. The van der Waals surface area contributed by atoms with E-state index in [4.69, 9.17) is 0 Å². The summed E-state index contributed by atoms with van der Waals surface area (Å²) in [5.41, 5.74) is 2.97. The van der Waals surface area contributed by atoms with Crippen molar-refractivity contribution in [3.05, 3.63) is 46.7 Å². The molecule has 2 heterocycles. The molecule has 8 heteroatoms. The molecule has 0 spiro atoms. The maximum atomic E-state index is 12.3. The number of hydrogen-bond donors (Lipinski definition) is 1. The van der Waals surface area contributed by atoms with Gasteiger partial charge in [0.15, 0.2) is 5.13 Å². The van der Waals surface area contributed by atoms with Crippen LogP contribution in [0.3, 0.4) is 0 Å². The van der Waals surface area contributed by atoms with Crippen molar-refractivity contribution in [2.24, 2.45) is 0 Å². The van der Waals surface area contributed by atoms with Crippen LogP contribution in [-0.2, 0) is 17.0 Å². The molecule has 3 aromatic rings. The molecule has 1 saturated carbocycles. The molecule has 0 aliphatic heterocycles. The number of carbonyl (C=O) groups excluding carboxylic acids is 1. The van der Waals surface area contributed by atoms with Crippen LogP contribution in [0, 0.1) is 0 Å². The Morgan fingerprint density at radius 3 is 2.89 bits per heavy atom. The molecule has 1 aliphatic rings. The van der Waals surface area contributed by atoms with Crippen molar-refractivity contribution in [2.45, 2.75) is 49.9 Å². The third-order valence-electron chi connectivity index (χ3n) is 4.45. The number of aromatic nitrogens is 4. The van der Waals surface area contributed by atoms with E-state index in [0.29, 0.717) is 16.8 Å². The first-order chi connectivity index (χ1) is 13.2. The van der Waals surface area contributed by atoms with Crippen molar-refractivity contribution in [2.75, 3.05) is 4.90 Å². The Morgan fingerprint density at radius 1 is 1.33 bits per heavy atom. The first-order valence-electron chi connectivity index (χ1n) is 9.03. The third kappa shape index (κ3) is 4.06. The minimum Gasteiger partial charge on any atom is -0.274 e. The zero-order valence-corrected chi connectivity index (χ0v) is 16.9. The van der Waals surface area contributed by atoms with Gasteiger partial charge in [0.05, 0.1) is 11.4 Å². The molecule has 0 radical (unpaired) electrons. The zero-order valence-electron chi connectivity index (χ0n) is 15.3. The molecule has 140 valence electrons. The van der Waals surface area contributed by atoms with Gasteiger partial charge < -0.3 is 0 Å². The normalized spacial score (nSPS) is 13.7. The average molecular weight is 400 g/mol. The molecule has 0 saturated heterocycles. The minimum absolute atomic E-state index is 0.0347. The van der Waals surface area contributed by atoms with Crippen molar-refractivity contribution in [3.8, 4) is 0 Å². The predicted octanol–water partition coefficient (Wildman–Crippen LogP) is 4.68. The number of carbonyl (C=O) groups is 1. The summed E-state index contributed by atoms with van der Waals surface area (Å²) >= 11 is 3.05. The number of anilines is 2. The van der Waals surface area contributed by atoms with Crippen LogP contribution in [0.5, 0.6) is 0 Å². The number of aromatic amines is 1. The molecule has 1 amide bonds. The molecule has 1 N–H and O–H groups in total. The van der Waals surface area contributed by atoms with Gasteiger partial charge in [0.2, 0.25) is 11.1 Å². The summed E-state index contributed by atoms with van der Waals surface area (Å²) in [5, 5.41) is 10.8. The molecule has 27 heavy (non-hydrogen) atoms. The van der Waals surface area contributed by atoms with Crippen molar-refractivity contribution in [3.63, 3.8) is 0 Å². The average Bonchev–Trinajstić information content (AvgIpc) is 3.23. The van der Waals surface area contributed by atoms with Crippen LogP contribution >= 0.6 is 23.1 Å². The van der Waals surface area contributed by atoms with Gasteiger partial charge in [-0.25, -0.2) is 9.97 Å². The Bertz CT molecular complexity index is 947. The number of amides is 1. The highest BCUT2D eigenvalue weighted by Crippen LogP contribution is 2.38. The van der Waals surface area contributed by atoms with Crippen LogP contribution < -0.4 is 4.90 Å². The smallest absolute Gasteiger partial charge is 0.230 e. The van der Waals surface area contributed by atoms with Gasteiger partial charge in [-0.1, -0.05) is 36.9 Å². The molecular formula is C19H21N5OS2. The second kappa shape index (κ2) is 7.82. The molecule has 0 unspecified atom stereocenters. The fourth-order valence-electron chi connectivity index (χ4n) is 2.90. The molecule has 2 aromatic heterocycles. The Labute approximate surface area is 166 Å². The monoisotopic (exact) mass is 399 g/mol. The molecular weight excluding hydrogens is 378 g/mol. The van der Waals surface area contributed by atoms with E-state index in [1.807, 2.05) is 23.6 Å². The van der Waals surface area contributed by atoms with Crippen LogP contribution in [0.1, 0.15) is 49.7 Å². The Hall–Kier alpha value is -2.19. The lowest BCUT2D eigenvalue weighted by molar-refractivity contribution is -0.115. The Kier molecular flexibility index (Phi) is 5.27. The van der Waals surface area contributed by atoms with Crippen molar-refractivity contribution in [1.29, 1.82) is 0 Å². The van der Waals surface area contributed by atoms with E-state index < -0.39 is 0 Å². The fourth-order valence-corrected chi connectivity index (χ4v) is 4.58. The fraction of sp³-hybridized carbons (Fsp3) is 0.368. The lowest BCUT2D eigenvalue weighted by Gasteiger charge is -2.20. The van der Waals surface area contributed by atoms with E-state index in [-0.39, 0.29) is 5.91 Å². The van der Waals surface area contributed by atoms with Gasteiger partial charge in [0.25, 0.3) is 0 Å². The first-order valence-corrected chi connectivity index (χ1v) is 10.9. The van der Waals surface area contributed by atoms with E-state index in [9.17, 15) is 4.79 Å². The van der Waals surface area contributed by atoms with E-state index in [1.54, 1.807) is 23.6 Å². The zero-order chi connectivity index (χ0) is 18.8. The van der Waals surface area contributed by atoms with Crippen LogP contribution in [-0.4, -0.2) is 26.1 Å². The summed E-state index contributed by atoms with van der Waals surface area (Å²) in [4.78, 5) is 23.3. The number of rotatable bonds is 7. The maximum absolute atomic E-state index is 12.3. The van der Waals surface area contributed by atoms with Gasteiger partial charge in [-0.3, -0.25) is 14.8 Å². The largest absolute Gasteiger partial charge is 0.274 e. The van der Waals surface area contributed by atoms with E-state index in [0.717, 1.165) is 34.3 Å². The Balaban J connectivity index is 1.49. The maximum Gasteiger partial charge on any atom is 0.230 e. The molecule has 1 fully saturated rings. The quantitative estimate of drug-likeness (QED) is 0.584. The summed E-state index contributed by atoms with van der Waals surface area (Å²) in [5.74, 6) is 2.21. The second-order valence-corrected chi connectivity index (χ2v) is 8.30. The summed E-state index contributed by atoms with van der Waals surface area (Å²) in [7, 11) is 0. The summed E-state index contributed by atoms with van der Waals surface area (Å²) < 4.78 is 0. The molecule has 1 aromatic carbocycles. The summed E-state index contributed by atoms with van der Waals surface area (Å²) in [6.45, 7) is 3.67. The molecule has 0 atom stereocenters. The molecule has 0 bridgehead atoms.